The first-order valence-electron chi connectivity index (χ1n) is 11.5. The van der Waals surface area contributed by atoms with E-state index in [1.807, 2.05) is 54.6 Å². The van der Waals surface area contributed by atoms with Crippen molar-refractivity contribution in [2.24, 2.45) is 0 Å². The maximum atomic E-state index is 13.5. The summed E-state index contributed by atoms with van der Waals surface area (Å²) in [6, 6.07) is 16.2. The lowest BCUT2D eigenvalue weighted by molar-refractivity contribution is -0.146. The molecule has 2 aromatic carbocycles. The van der Waals surface area contributed by atoms with Crippen LogP contribution in [0, 0.1) is 0 Å². The molecular formula is C26H32N2O5. The van der Waals surface area contributed by atoms with Crippen LogP contribution < -0.4 is 10.2 Å². The Labute approximate surface area is 195 Å². The van der Waals surface area contributed by atoms with Gasteiger partial charge in [0.2, 0.25) is 5.91 Å². The van der Waals surface area contributed by atoms with Crippen LogP contribution in [0.5, 0.6) is 0 Å². The lowest BCUT2D eigenvalue weighted by Crippen LogP contribution is -2.53. The van der Waals surface area contributed by atoms with Gasteiger partial charge in [-0.25, -0.2) is 0 Å². The number of rotatable bonds is 10. The van der Waals surface area contributed by atoms with E-state index in [-0.39, 0.29) is 31.6 Å². The van der Waals surface area contributed by atoms with Crippen molar-refractivity contribution >= 4 is 23.5 Å². The van der Waals surface area contributed by atoms with E-state index in [4.69, 9.17) is 9.47 Å². The number of aryl methyl sites for hydroxylation is 2. The van der Waals surface area contributed by atoms with Gasteiger partial charge in [0, 0.05) is 5.69 Å². The third-order valence-electron chi connectivity index (χ3n) is 5.68. The van der Waals surface area contributed by atoms with Crippen molar-refractivity contribution in [1.82, 2.24) is 5.32 Å². The zero-order valence-corrected chi connectivity index (χ0v) is 19.3. The van der Waals surface area contributed by atoms with Gasteiger partial charge in [0.05, 0.1) is 19.3 Å². The lowest BCUT2D eigenvalue weighted by Gasteiger charge is -2.28. The molecule has 0 saturated carbocycles. The quantitative estimate of drug-likeness (QED) is 0.558. The normalized spacial score (nSPS) is 16.5. The largest absolute Gasteiger partial charge is 0.465 e. The van der Waals surface area contributed by atoms with Gasteiger partial charge in [0.15, 0.2) is 0 Å². The van der Waals surface area contributed by atoms with Gasteiger partial charge in [-0.2, -0.15) is 0 Å². The number of nitrogens with one attached hydrogen (secondary N) is 1. The van der Waals surface area contributed by atoms with E-state index < -0.39 is 18.1 Å². The first-order valence-corrected chi connectivity index (χ1v) is 11.5. The molecule has 3 rings (SSSR count). The molecule has 1 aliphatic heterocycles. The Balaban J connectivity index is 1.80. The molecule has 1 heterocycles. The number of anilines is 1. The number of amides is 1. The number of carbonyl (C=O) groups excluding carboxylic acids is 3. The zero-order valence-electron chi connectivity index (χ0n) is 19.3. The summed E-state index contributed by atoms with van der Waals surface area (Å²) in [6.45, 7) is 3.84. The summed E-state index contributed by atoms with van der Waals surface area (Å²) in [4.78, 5) is 40.0. The molecule has 0 aliphatic carbocycles. The van der Waals surface area contributed by atoms with Gasteiger partial charge in [-0.15, -0.1) is 0 Å². The second-order valence-electron chi connectivity index (χ2n) is 7.94. The summed E-state index contributed by atoms with van der Waals surface area (Å²) in [6.07, 6.45) is 2.33. The number of para-hydroxylation sites is 1. The van der Waals surface area contributed by atoms with Gasteiger partial charge < -0.3 is 9.47 Å². The fourth-order valence-electron chi connectivity index (χ4n) is 4.08. The SMILES string of the molecule is CCOC(=O)CN1C(=O)C(NC(CCc2ccccc2)C(=O)OCC)CCc2ccccc21. The molecule has 0 saturated heterocycles. The van der Waals surface area contributed by atoms with Crippen molar-refractivity contribution in [2.75, 3.05) is 24.7 Å². The Morgan fingerprint density at radius 2 is 1.73 bits per heavy atom. The fraction of sp³-hybridized carbons (Fsp3) is 0.423. The summed E-state index contributed by atoms with van der Waals surface area (Å²) < 4.78 is 10.4. The van der Waals surface area contributed by atoms with Crippen molar-refractivity contribution < 1.29 is 23.9 Å². The molecule has 0 radical (unpaired) electrons. The zero-order chi connectivity index (χ0) is 23.6. The average molecular weight is 453 g/mol. The van der Waals surface area contributed by atoms with Crippen LogP contribution in [-0.4, -0.2) is 49.7 Å². The van der Waals surface area contributed by atoms with Crippen LogP contribution in [0.2, 0.25) is 0 Å². The topological polar surface area (TPSA) is 84.9 Å². The standard InChI is InChI=1S/C26H32N2O5/c1-3-32-24(29)18-28-23-13-9-8-12-20(23)15-17-21(25(28)30)27-22(26(31)33-4-2)16-14-19-10-6-5-7-11-19/h5-13,21-22,27H,3-4,14-18H2,1-2H3. The number of esters is 2. The smallest absolute Gasteiger partial charge is 0.326 e. The molecule has 2 aromatic rings. The first-order chi connectivity index (χ1) is 16.0. The van der Waals surface area contributed by atoms with Crippen LogP contribution >= 0.6 is 0 Å². The number of nitrogens with zero attached hydrogens (tertiary/aromatic N) is 1. The highest BCUT2D eigenvalue weighted by Crippen LogP contribution is 2.27. The Morgan fingerprint density at radius 3 is 2.45 bits per heavy atom. The second-order valence-corrected chi connectivity index (χ2v) is 7.94. The van der Waals surface area contributed by atoms with E-state index >= 15 is 0 Å². The molecule has 2 unspecified atom stereocenters. The predicted octanol–water partition coefficient (Wildman–Crippen LogP) is 3.05. The number of hydrogen-bond donors (Lipinski definition) is 1. The van der Waals surface area contributed by atoms with Gasteiger partial charge >= 0.3 is 11.9 Å². The Morgan fingerprint density at radius 1 is 1.03 bits per heavy atom. The number of fused-ring (bicyclic) bond motifs is 1. The predicted molar refractivity (Wildman–Crippen MR) is 126 cm³/mol. The molecule has 1 N–H and O–H groups in total. The summed E-state index contributed by atoms with van der Waals surface area (Å²) >= 11 is 0. The Hall–Kier alpha value is -3.19. The maximum Gasteiger partial charge on any atom is 0.326 e. The highest BCUT2D eigenvalue weighted by Gasteiger charge is 2.34. The number of ether oxygens (including phenoxy) is 2. The van der Waals surface area contributed by atoms with E-state index in [9.17, 15) is 14.4 Å². The molecule has 33 heavy (non-hydrogen) atoms. The van der Waals surface area contributed by atoms with E-state index in [1.54, 1.807) is 13.8 Å². The summed E-state index contributed by atoms with van der Waals surface area (Å²) in [5, 5.41) is 3.25. The van der Waals surface area contributed by atoms with Gasteiger partial charge in [0.25, 0.3) is 0 Å². The summed E-state index contributed by atoms with van der Waals surface area (Å²) in [7, 11) is 0. The van der Waals surface area contributed by atoms with Crippen LogP contribution in [0.25, 0.3) is 0 Å². The van der Waals surface area contributed by atoms with Gasteiger partial charge in [-0.1, -0.05) is 48.5 Å². The molecule has 0 spiro atoms. The second kappa shape index (κ2) is 12.2. The average Bonchev–Trinajstić information content (AvgIpc) is 2.95. The van der Waals surface area contributed by atoms with Crippen LogP contribution in [0.3, 0.4) is 0 Å². The molecule has 7 heteroatoms. The molecular weight excluding hydrogens is 420 g/mol. The Bertz CT molecular complexity index is 947. The monoisotopic (exact) mass is 452 g/mol. The van der Waals surface area contributed by atoms with E-state index in [0.29, 0.717) is 31.4 Å². The van der Waals surface area contributed by atoms with Crippen LogP contribution in [0.1, 0.15) is 37.8 Å². The van der Waals surface area contributed by atoms with Gasteiger partial charge in [0.1, 0.15) is 12.6 Å². The molecule has 1 amide bonds. The minimum Gasteiger partial charge on any atom is -0.465 e. The molecule has 2 atom stereocenters. The van der Waals surface area contributed by atoms with E-state index in [0.717, 1.165) is 11.1 Å². The van der Waals surface area contributed by atoms with Crippen molar-refractivity contribution in [2.45, 2.75) is 51.6 Å². The van der Waals surface area contributed by atoms with Crippen LogP contribution in [-0.2, 0) is 36.7 Å². The molecule has 0 aromatic heterocycles. The third kappa shape index (κ3) is 6.65. The molecule has 0 bridgehead atoms. The van der Waals surface area contributed by atoms with E-state index in [2.05, 4.69) is 5.32 Å². The Kier molecular flexibility index (Phi) is 9.01. The number of benzene rings is 2. The van der Waals surface area contributed by atoms with Gasteiger partial charge in [-0.3, -0.25) is 24.6 Å². The first kappa shape index (κ1) is 24.5. The van der Waals surface area contributed by atoms with Crippen LogP contribution in [0.15, 0.2) is 54.6 Å². The number of hydrogen-bond acceptors (Lipinski definition) is 6. The summed E-state index contributed by atoms with van der Waals surface area (Å²) in [5.41, 5.74) is 2.80. The molecule has 0 fully saturated rings. The third-order valence-corrected chi connectivity index (χ3v) is 5.68. The molecule has 1 aliphatic rings. The maximum absolute atomic E-state index is 13.5. The lowest BCUT2D eigenvalue weighted by atomic mass is 10.0. The minimum atomic E-state index is -0.634. The van der Waals surface area contributed by atoms with Crippen molar-refractivity contribution in [3.8, 4) is 0 Å². The molecule has 176 valence electrons. The van der Waals surface area contributed by atoms with E-state index in [1.165, 1.54) is 4.90 Å². The van der Waals surface area contributed by atoms with Gasteiger partial charge in [-0.05, 0) is 56.7 Å². The highest BCUT2D eigenvalue weighted by molar-refractivity contribution is 6.02. The van der Waals surface area contributed by atoms with Crippen LogP contribution in [0.4, 0.5) is 5.69 Å². The molecule has 7 nitrogen and oxygen atoms in total. The van der Waals surface area contributed by atoms with Crippen molar-refractivity contribution in [1.29, 1.82) is 0 Å². The van der Waals surface area contributed by atoms with Crippen molar-refractivity contribution in [3.05, 3.63) is 65.7 Å². The van der Waals surface area contributed by atoms with Crippen molar-refractivity contribution in [3.63, 3.8) is 0 Å². The summed E-state index contributed by atoms with van der Waals surface area (Å²) in [5.74, 6) is -1.09. The number of carbonyl (C=O) groups is 3. The highest BCUT2D eigenvalue weighted by atomic mass is 16.5. The minimum absolute atomic E-state index is 0.171. The fourth-order valence-corrected chi connectivity index (χ4v) is 4.08.